The lowest BCUT2D eigenvalue weighted by Gasteiger charge is -2.18. The molecule has 0 aromatic heterocycles. The molecule has 0 heterocycles. The Hall–Kier alpha value is -0.420. The first-order valence-corrected chi connectivity index (χ1v) is 7.58. The van der Waals surface area contributed by atoms with Gasteiger partial charge in [0.2, 0.25) is 0 Å². The van der Waals surface area contributed by atoms with Crippen LogP contribution in [-0.2, 0) is 25.1 Å². The van der Waals surface area contributed by atoms with Crippen molar-refractivity contribution in [2.45, 2.75) is 52.7 Å². The minimum Gasteiger partial charge on any atom is -0.459 e. The molecule has 0 aliphatic carbocycles. The fourth-order valence-corrected chi connectivity index (χ4v) is 2.60. The molecule has 0 N–H and O–H groups in total. The molecule has 0 spiro atoms. The number of esters is 1. The fraction of sp³-hybridized carbons (Fsp3) is 0.917. The smallest absolute Gasteiger partial charge is 0.303 e. The molecule has 2 atom stereocenters. The van der Waals surface area contributed by atoms with Crippen LogP contribution in [0.3, 0.4) is 0 Å². The van der Waals surface area contributed by atoms with Gasteiger partial charge in [-0.25, -0.2) is 0 Å². The Morgan fingerprint density at radius 3 is 2.47 bits per heavy atom. The molecule has 102 valence electrons. The number of carbonyl (C=O) groups excluding carboxylic acids is 1. The van der Waals surface area contributed by atoms with Crippen LogP contribution in [0, 0.1) is 0 Å². The zero-order valence-corrected chi connectivity index (χ0v) is 12.0. The van der Waals surface area contributed by atoms with Crippen LogP contribution in [0.1, 0.15) is 40.5 Å². The van der Waals surface area contributed by atoms with Gasteiger partial charge in [0.25, 0.3) is 0 Å². The molecule has 0 saturated carbocycles. The summed E-state index contributed by atoms with van der Waals surface area (Å²) in [6.07, 6.45) is 1.64. The van der Waals surface area contributed by atoms with Gasteiger partial charge in [-0.15, -0.1) is 0 Å². The summed E-state index contributed by atoms with van der Waals surface area (Å²) < 4.78 is 22.2. The lowest BCUT2D eigenvalue weighted by atomic mass is 10.4. The van der Waals surface area contributed by atoms with Crippen LogP contribution in [0.15, 0.2) is 0 Å². The molecule has 0 bridgehead atoms. The number of carbonyl (C=O) groups is 1. The summed E-state index contributed by atoms with van der Waals surface area (Å²) in [5.74, 6) is 0.678. The average molecular weight is 264 g/mol. The maximum absolute atomic E-state index is 11.7. The van der Waals surface area contributed by atoms with Crippen LogP contribution in [0.25, 0.3) is 0 Å². The van der Waals surface area contributed by atoms with E-state index in [4.69, 9.17) is 9.47 Å². The van der Waals surface area contributed by atoms with E-state index in [0.717, 1.165) is 12.8 Å². The van der Waals surface area contributed by atoms with Gasteiger partial charge >= 0.3 is 5.97 Å². The molecule has 0 amide bonds. The van der Waals surface area contributed by atoms with Crippen LogP contribution in [0.5, 0.6) is 0 Å². The highest BCUT2D eigenvalue weighted by atomic mass is 32.2. The molecule has 0 unspecified atom stereocenters. The zero-order valence-electron chi connectivity index (χ0n) is 11.2. The number of hydrogen-bond acceptors (Lipinski definition) is 4. The molecule has 0 aromatic carbocycles. The highest BCUT2D eigenvalue weighted by Crippen LogP contribution is 2.02. The Kier molecular flexibility index (Phi) is 9.36. The van der Waals surface area contributed by atoms with Gasteiger partial charge in [-0.3, -0.25) is 9.00 Å². The molecular weight excluding hydrogens is 240 g/mol. The van der Waals surface area contributed by atoms with Crippen molar-refractivity contribution >= 4 is 16.8 Å². The third-order valence-corrected chi connectivity index (χ3v) is 3.53. The van der Waals surface area contributed by atoms with Gasteiger partial charge in [-0.2, -0.15) is 0 Å². The first-order chi connectivity index (χ1) is 7.95. The second-order valence-corrected chi connectivity index (χ2v) is 5.90. The molecule has 17 heavy (non-hydrogen) atoms. The second-order valence-electron chi connectivity index (χ2n) is 4.28. The van der Waals surface area contributed by atoms with Crippen LogP contribution < -0.4 is 0 Å². The van der Waals surface area contributed by atoms with Gasteiger partial charge in [-0.05, 0) is 20.3 Å². The zero-order chi connectivity index (χ0) is 13.3. The molecule has 0 rings (SSSR count). The normalized spacial score (nSPS) is 14.6. The van der Waals surface area contributed by atoms with E-state index in [1.165, 1.54) is 6.92 Å². The van der Waals surface area contributed by atoms with Crippen LogP contribution in [-0.4, -0.2) is 40.5 Å². The fourth-order valence-electron chi connectivity index (χ4n) is 1.25. The molecule has 0 aromatic rings. The summed E-state index contributed by atoms with van der Waals surface area (Å²) in [4.78, 5) is 10.9. The SMILES string of the molecule is CCCC[S@@](=O)C[C@@H](COC(C)C)OC(C)=O. The van der Waals surface area contributed by atoms with Crippen molar-refractivity contribution in [3.8, 4) is 0 Å². The van der Waals surface area contributed by atoms with Crippen molar-refractivity contribution in [1.82, 2.24) is 0 Å². The van der Waals surface area contributed by atoms with Gasteiger partial charge in [0.05, 0.1) is 18.5 Å². The molecule has 0 radical (unpaired) electrons. The number of rotatable bonds is 9. The van der Waals surface area contributed by atoms with Gasteiger partial charge in [0.15, 0.2) is 0 Å². The Balaban J connectivity index is 4.08. The van der Waals surface area contributed by atoms with Gasteiger partial charge in [-0.1, -0.05) is 13.3 Å². The Bertz CT molecular complexity index is 241. The van der Waals surface area contributed by atoms with Crippen LogP contribution in [0.2, 0.25) is 0 Å². The van der Waals surface area contributed by atoms with E-state index in [0.29, 0.717) is 18.1 Å². The van der Waals surface area contributed by atoms with E-state index < -0.39 is 16.9 Å². The van der Waals surface area contributed by atoms with E-state index in [9.17, 15) is 9.00 Å². The summed E-state index contributed by atoms with van der Waals surface area (Å²) in [6, 6.07) is 0. The van der Waals surface area contributed by atoms with E-state index in [1.807, 2.05) is 13.8 Å². The quantitative estimate of drug-likeness (QED) is 0.597. The summed E-state index contributed by atoms with van der Waals surface area (Å²) in [5.41, 5.74) is 0. The molecule has 0 fully saturated rings. The monoisotopic (exact) mass is 264 g/mol. The first-order valence-electron chi connectivity index (χ1n) is 6.09. The second kappa shape index (κ2) is 9.59. The van der Waals surface area contributed by atoms with E-state index >= 15 is 0 Å². The first kappa shape index (κ1) is 16.6. The van der Waals surface area contributed by atoms with Crippen LogP contribution in [0.4, 0.5) is 0 Å². The van der Waals surface area contributed by atoms with Crippen molar-refractivity contribution in [1.29, 1.82) is 0 Å². The van der Waals surface area contributed by atoms with Crippen molar-refractivity contribution < 1.29 is 18.5 Å². The summed E-state index contributed by atoms with van der Waals surface area (Å²) in [7, 11) is -0.938. The molecule has 0 aliphatic heterocycles. The van der Waals surface area contributed by atoms with E-state index in [-0.39, 0.29) is 12.1 Å². The predicted octanol–water partition coefficient (Wildman–Crippen LogP) is 1.89. The maximum atomic E-state index is 11.7. The predicted molar refractivity (Wildman–Crippen MR) is 69.4 cm³/mol. The Morgan fingerprint density at radius 1 is 1.35 bits per heavy atom. The molecular formula is C12H24O4S. The largest absolute Gasteiger partial charge is 0.459 e. The van der Waals surface area contributed by atoms with Gasteiger partial charge < -0.3 is 9.47 Å². The van der Waals surface area contributed by atoms with Gasteiger partial charge in [0.1, 0.15) is 6.10 Å². The highest BCUT2D eigenvalue weighted by molar-refractivity contribution is 7.85. The topological polar surface area (TPSA) is 52.6 Å². The number of hydrogen-bond donors (Lipinski definition) is 0. The average Bonchev–Trinajstić information content (AvgIpc) is 2.22. The lowest BCUT2D eigenvalue weighted by molar-refractivity contribution is -0.148. The highest BCUT2D eigenvalue weighted by Gasteiger charge is 2.16. The van der Waals surface area contributed by atoms with Crippen molar-refractivity contribution in [2.24, 2.45) is 0 Å². The van der Waals surface area contributed by atoms with Gasteiger partial charge in [0, 0.05) is 23.5 Å². The molecule has 0 aliphatic rings. The maximum Gasteiger partial charge on any atom is 0.303 e. The number of ether oxygens (including phenoxy) is 2. The third-order valence-electron chi connectivity index (χ3n) is 2.05. The van der Waals surface area contributed by atoms with Crippen LogP contribution >= 0.6 is 0 Å². The summed E-state index contributed by atoms with van der Waals surface area (Å²) in [5, 5.41) is 0. The van der Waals surface area contributed by atoms with Crippen molar-refractivity contribution in [3.05, 3.63) is 0 Å². The number of unbranched alkanes of at least 4 members (excludes halogenated alkanes) is 1. The summed E-state index contributed by atoms with van der Waals surface area (Å²) >= 11 is 0. The summed E-state index contributed by atoms with van der Waals surface area (Å²) in [6.45, 7) is 7.56. The minimum atomic E-state index is -0.938. The standard InChI is InChI=1S/C12H24O4S/c1-5-6-7-17(14)9-12(16-11(4)13)8-15-10(2)3/h10,12H,5-9H2,1-4H3/t12-,17-/m1/s1. The van der Waals surface area contributed by atoms with E-state index in [1.54, 1.807) is 0 Å². The van der Waals surface area contributed by atoms with E-state index in [2.05, 4.69) is 6.92 Å². The molecule has 5 heteroatoms. The third kappa shape index (κ3) is 10.5. The lowest BCUT2D eigenvalue weighted by Crippen LogP contribution is -2.30. The van der Waals surface area contributed by atoms with Crippen molar-refractivity contribution in [3.63, 3.8) is 0 Å². The Morgan fingerprint density at radius 2 is 2.00 bits per heavy atom. The minimum absolute atomic E-state index is 0.0807. The molecule has 4 nitrogen and oxygen atoms in total. The van der Waals surface area contributed by atoms with Crippen molar-refractivity contribution in [2.75, 3.05) is 18.1 Å². The molecule has 0 saturated heterocycles. The Labute approximate surface area is 107 Å².